The summed E-state index contributed by atoms with van der Waals surface area (Å²) in [5, 5.41) is 3.38. The van der Waals surface area contributed by atoms with Crippen LogP contribution in [0.3, 0.4) is 0 Å². The lowest BCUT2D eigenvalue weighted by Crippen LogP contribution is -2.54. The molecule has 2 heterocycles. The number of sulfone groups is 1. The van der Waals surface area contributed by atoms with E-state index in [4.69, 9.17) is 4.42 Å². The first-order chi connectivity index (χ1) is 7.69. The second-order valence-corrected chi connectivity index (χ2v) is 7.61. The van der Waals surface area contributed by atoms with Gasteiger partial charge in [0.1, 0.15) is 11.5 Å². The van der Waals surface area contributed by atoms with Crippen LogP contribution >= 0.6 is 0 Å². The Morgan fingerprint density at radius 1 is 1.41 bits per heavy atom. The van der Waals surface area contributed by atoms with E-state index < -0.39 is 9.84 Å². The molecule has 2 rings (SSSR count). The van der Waals surface area contributed by atoms with Gasteiger partial charge in [-0.15, -0.1) is 0 Å². The molecule has 1 atom stereocenters. The number of hydrogen-bond donors (Lipinski definition) is 1. The van der Waals surface area contributed by atoms with Gasteiger partial charge in [0, 0.05) is 11.1 Å². The maximum atomic E-state index is 11.9. The van der Waals surface area contributed by atoms with Gasteiger partial charge in [-0.25, -0.2) is 8.42 Å². The highest BCUT2D eigenvalue weighted by Crippen LogP contribution is 2.29. The molecule has 1 aromatic heterocycles. The lowest BCUT2D eigenvalue weighted by molar-refractivity contribution is 0.356. The van der Waals surface area contributed by atoms with Crippen molar-refractivity contribution in [2.45, 2.75) is 39.3 Å². The van der Waals surface area contributed by atoms with Gasteiger partial charge in [-0.2, -0.15) is 0 Å². The fraction of sp³-hybridized carbons (Fsp3) is 0.667. The summed E-state index contributed by atoms with van der Waals surface area (Å²) in [5.74, 6) is 1.95. The molecule has 1 aliphatic heterocycles. The minimum absolute atomic E-state index is 0.149. The summed E-state index contributed by atoms with van der Waals surface area (Å²) in [6.45, 7) is 7.58. The summed E-state index contributed by atoms with van der Waals surface area (Å²) >= 11 is 0. The molecular weight excluding hydrogens is 238 g/mol. The van der Waals surface area contributed by atoms with Crippen LogP contribution in [0, 0.1) is 13.8 Å². The number of furan rings is 1. The van der Waals surface area contributed by atoms with E-state index in [9.17, 15) is 8.42 Å². The highest BCUT2D eigenvalue weighted by Gasteiger charge is 2.37. The predicted octanol–water partition coefficient (Wildman–Crippen LogP) is 1.73. The standard InChI is InChI=1S/C12H19NO3S/c1-8-5-10(9(2)16-8)11-6-17(14,15)7-12(3,4)13-11/h5,11,13H,6-7H2,1-4H3. The molecule has 0 aromatic carbocycles. The zero-order chi connectivity index (χ0) is 12.8. The van der Waals surface area contributed by atoms with Crippen LogP contribution in [0.2, 0.25) is 0 Å². The zero-order valence-electron chi connectivity index (χ0n) is 10.7. The fourth-order valence-electron chi connectivity index (χ4n) is 2.58. The highest BCUT2D eigenvalue weighted by molar-refractivity contribution is 7.91. The molecule has 1 unspecified atom stereocenters. The molecule has 0 radical (unpaired) electrons. The molecule has 0 amide bonds. The molecule has 1 saturated heterocycles. The van der Waals surface area contributed by atoms with Crippen molar-refractivity contribution in [2.75, 3.05) is 11.5 Å². The molecule has 1 fully saturated rings. The van der Waals surface area contributed by atoms with Crippen LogP contribution in [0.15, 0.2) is 10.5 Å². The Bertz CT molecular complexity index is 528. The quantitative estimate of drug-likeness (QED) is 0.832. The Hall–Kier alpha value is -0.810. The van der Waals surface area contributed by atoms with Crippen LogP contribution in [0.5, 0.6) is 0 Å². The first kappa shape index (κ1) is 12.6. The first-order valence-corrected chi connectivity index (χ1v) is 7.56. The van der Waals surface area contributed by atoms with Crippen LogP contribution < -0.4 is 5.32 Å². The summed E-state index contributed by atoms with van der Waals surface area (Å²) < 4.78 is 29.3. The van der Waals surface area contributed by atoms with Crippen LogP contribution in [0.4, 0.5) is 0 Å². The summed E-state index contributed by atoms with van der Waals surface area (Å²) in [5.41, 5.74) is 0.568. The van der Waals surface area contributed by atoms with Gasteiger partial charge in [0.05, 0.1) is 17.5 Å². The van der Waals surface area contributed by atoms with Gasteiger partial charge in [0.2, 0.25) is 0 Å². The fourth-order valence-corrected chi connectivity index (χ4v) is 4.65. The van der Waals surface area contributed by atoms with Crippen molar-refractivity contribution in [1.82, 2.24) is 5.32 Å². The lowest BCUT2D eigenvalue weighted by atomic mass is 10.0. The Morgan fingerprint density at radius 2 is 2.06 bits per heavy atom. The van der Waals surface area contributed by atoms with Crippen molar-refractivity contribution < 1.29 is 12.8 Å². The maximum Gasteiger partial charge on any atom is 0.153 e. The van der Waals surface area contributed by atoms with E-state index in [1.165, 1.54) is 0 Å². The number of rotatable bonds is 1. The molecule has 17 heavy (non-hydrogen) atoms. The van der Waals surface area contributed by atoms with E-state index in [0.717, 1.165) is 17.1 Å². The minimum atomic E-state index is -3.00. The van der Waals surface area contributed by atoms with Gasteiger partial charge in [0.25, 0.3) is 0 Å². The van der Waals surface area contributed by atoms with Gasteiger partial charge in [-0.3, -0.25) is 0 Å². The summed E-state index contributed by atoms with van der Waals surface area (Å²) in [6.07, 6.45) is 0. The van der Waals surface area contributed by atoms with Gasteiger partial charge < -0.3 is 9.73 Å². The van der Waals surface area contributed by atoms with Crippen molar-refractivity contribution in [3.8, 4) is 0 Å². The average Bonchev–Trinajstić information content (AvgIpc) is 2.39. The van der Waals surface area contributed by atoms with Gasteiger partial charge >= 0.3 is 0 Å². The van der Waals surface area contributed by atoms with Crippen molar-refractivity contribution in [3.05, 3.63) is 23.2 Å². The van der Waals surface area contributed by atoms with Crippen LogP contribution in [0.1, 0.15) is 37.0 Å². The Kier molecular flexibility index (Phi) is 2.86. The topological polar surface area (TPSA) is 59.3 Å². The summed E-state index contributed by atoms with van der Waals surface area (Å²) in [7, 11) is -3.00. The minimum Gasteiger partial charge on any atom is -0.466 e. The maximum absolute atomic E-state index is 11.9. The third-order valence-corrected chi connectivity index (χ3v) is 5.02. The largest absolute Gasteiger partial charge is 0.466 e. The summed E-state index contributed by atoms with van der Waals surface area (Å²) in [4.78, 5) is 0. The van der Waals surface area contributed by atoms with Crippen molar-refractivity contribution in [3.63, 3.8) is 0 Å². The molecule has 4 nitrogen and oxygen atoms in total. The molecule has 0 saturated carbocycles. The smallest absolute Gasteiger partial charge is 0.153 e. The first-order valence-electron chi connectivity index (χ1n) is 5.74. The molecule has 1 aliphatic rings. The number of nitrogens with one attached hydrogen (secondary N) is 1. The zero-order valence-corrected chi connectivity index (χ0v) is 11.5. The Labute approximate surface area is 102 Å². The second-order valence-electron chi connectivity index (χ2n) is 5.50. The predicted molar refractivity (Wildman–Crippen MR) is 66.8 cm³/mol. The molecule has 5 heteroatoms. The second kappa shape index (κ2) is 3.85. The van der Waals surface area contributed by atoms with Crippen LogP contribution in [-0.4, -0.2) is 25.5 Å². The van der Waals surface area contributed by atoms with E-state index in [0.29, 0.717) is 0 Å². The summed E-state index contributed by atoms with van der Waals surface area (Å²) in [6, 6.07) is 1.76. The Morgan fingerprint density at radius 3 is 2.53 bits per heavy atom. The molecular formula is C12H19NO3S. The van der Waals surface area contributed by atoms with E-state index >= 15 is 0 Å². The molecule has 0 aliphatic carbocycles. The van der Waals surface area contributed by atoms with E-state index in [2.05, 4.69) is 5.32 Å². The normalized spacial score (nSPS) is 26.9. The van der Waals surface area contributed by atoms with Crippen LogP contribution in [0.25, 0.3) is 0 Å². The third kappa shape index (κ3) is 2.72. The van der Waals surface area contributed by atoms with E-state index in [1.807, 2.05) is 33.8 Å². The monoisotopic (exact) mass is 257 g/mol. The third-order valence-electron chi connectivity index (χ3n) is 3.02. The SMILES string of the molecule is Cc1cc(C2CS(=O)(=O)CC(C)(C)N2)c(C)o1. The van der Waals surface area contributed by atoms with E-state index in [1.54, 1.807) is 0 Å². The number of aryl methyl sites for hydroxylation is 2. The molecule has 96 valence electrons. The van der Waals surface area contributed by atoms with Crippen LogP contribution in [-0.2, 0) is 9.84 Å². The van der Waals surface area contributed by atoms with E-state index in [-0.39, 0.29) is 23.1 Å². The van der Waals surface area contributed by atoms with Crippen molar-refractivity contribution in [1.29, 1.82) is 0 Å². The van der Waals surface area contributed by atoms with Gasteiger partial charge in [0.15, 0.2) is 9.84 Å². The average molecular weight is 257 g/mol. The molecule has 0 bridgehead atoms. The molecule has 0 spiro atoms. The Balaban J connectivity index is 2.37. The van der Waals surface area contributed by atoms with Gasteiger partial charge in [-0.05, 0) is 33.8 Å². The molecule has 1 aromatic rings. The lowest BCUT2D eigenvalue weighted by Gasteiger charge is -2.36. The van der Waals surface area contributed by atoms with Gasteiger partial charge in [-0.1, -0.05) is 0 Å². The van der Waals surface area contributed by atoms with Crippen molar-refractivity contribution in [2.24, 2.45) is 0 Å². The highest BCUT2D eigenvalue weighted by atomic mass is 32.2. The number of hydrogen-bond acceptors (Lipinski definition) is 4. The van der Waals surface area contributed by atoms with Crippen molar-refractivity contribution >= 4 is 9.84 Å². The molecule has 1 N–H and O–H groups in total.